The van der Waals surface area contributed by atoms with Gasteiger partial charge in [0, 0.05) is 0 Å². The third-order valence-electron chi connectivity index (χ3n) is 2.62. The van der Waals surface area contributed by atoms with Crippen molar-refractivity contribution in [2.24, 2.45) is 0 Å². The van der Waals surface area contributed by atoms with Crippen LogP contribution in [-0.2, 0) is 10.1 Å². The first-order valence-corrected chi connectivity index (χ1v) is 7.18. The van der Waals surface area contributed by atoms with Crippen molar-refractivity contribution in [3.05, 3.63) is 53.8 Å². The van der Waals surface area contributed by atoms with Crippen molar-refractivity contribution in [1.82, 2.24) is 0 Å². The normalized spacial score (nSPS) is 11.2. The molecular weight excluding hydrogens is 283 g/mol. The molecule has 2 aromatic rings. The van der Waals surface area contributed by atoms with Crippen LogP contribution < -0.4 is 8.92 Å². The summed E-state index contributed by atoms with van der Waals surface area (Å²) in [4.78, 5) is -0.497. The average molecular weight is 296 g/mol. The number of benzene rings is 2. The second-order valence-electron chi connectivity index (χ2n) is 4.12. The number of halogens is 1. The summed E-state index contributed by atoms with van der Waals surface area (Å²) >= 11 is 0. The van der Waals surface area contributed by atoms with Crippen molar-refractivity contribution in [2.75, 3.05) is 7.11 Å². The lowest BCUT2D eigenvalue weighted by Crippen LogP contribution is -2.12. The molecule has 0 N–H and O–H groups in total. The molecule has 0 aliphatic heterocycles. The fourth-order valence-corrected chi connectivity index (χ4v) is 2.75. The molecule has 106 valence electrons. The summed E-state index contributed by atoms with van der Waals surface area (Å²) in [6.45, 7) is 1.67. The lowest BCUT2D eigenvalue weighted by atomic mass is 10.2. The molecule has 0 atom stereocenters. The van der Waals surface area contributed by atoms with E-state index < -0.39 is 20.8 Å². The van der Waals surface area contributed by atoms with Crippen LogP contribution in [0.4, 0.5) is 4.39 Å². The number of rotatable bonds is 4. The maximum Gasteiger partial charge on any atom is 0.342 e. The number of hydrogen-bond acceptors (Lipinski definition) is 4. The summed E-state index contributed by atoms with van der Waals surface area (Å²) in [7, 11) is -2.86. The second-order valence-corrected chi connectivity index (χ2v) is 5.64. The third-order valence-corrected chi connectivity index (χ3v) is 3.88. The molecule has 0 aromatic heterocycles. The van der Waals surface area contributed by atoms with Crippen LogP contribution in [-0.4, -0.2) is 15.5 Å². The smallest absolute Gasteiger partial charge is 0.342 e. The Morgan fingerprint density at radius 3 is 2.35 bits per heavy atom. The van der Waals surface area contributed by atoms with Gasteiger partial charge in [0.25, 0.3) is 0 Å². The van der Waals surface area contributed by atoms with E-state index in [1.807, 2.05) is 0 Å². The molecule has 0 unspecified atom stereocenters. The van der Waals surface area contributed by atoms with E-state index in [9.17, 15) is 12.8 Å². The molecule has 0 amide bonds. The Hall–Kier alpha value is -2.08. The summed E-state index contributed by atoms with van der Waals surface area (Å²) in [6, 6.07) is 10.1. The van der Waals surface area contributed by atoms with Gasteiger partial charge in [-0.3, -0.25) is 0 Å². The van der Waals surface area contributed by atoms with Gasteiger partial charge in [-0.2, -0.15) is 8.42 Å². The average Bonchev–Trinajstić information content (AvgIpc) is 2.41. The SMILES string of the molecule is COc1ccccc1OS(=O)(=O)c1cc(C)ccc1F. The molecule has 0 bridgehead atoms. The van der Waals surface area contributed by atoms with Crippen LogP contribution >= 0.6 is 0 Å². The van der Waals surface area contributed by atoms with Crippen LogP contribution in [0.15, 0.2) is 47.4 Å². The Balaban J connectivity index is 2.43. The molecule has 2 aromatic carbocycles. The highest BCUT2D eigenvalue weighted by molar-refractivity contribution is 7.87. The van der Waals surface area contributed by atoms with Gasteiger partial charge in [-0.25, -0.2) is 4.39 Å². The Labute approximate surface area is 116 Å². The predicted molar refractivity (Wildman–Crippen MR) is 71.9 cm³/mol. The van der Waals surface area contributed by atoms with E-state index in [4.69, 9.17) is 8.92 Å². The van der Waals surface area contributed by atoms with Gasteiger partial charge >= 0.3 is 10.1 Å². The largest absolute Gasteiger partial charge is 0.493 e. The van der Waals surface area contributed by atoms with Crippen molar-refractivity contribution in [3.63, 3.8) is 0 Å². The first-order chi connectivity index (χ1) is 9.44. The third kappa shape index (κ3) is 2.91. The van der Waals surface area contributed by atoms with Crippen molar-refractivity contribution in [1.29, 1.82) is 0 Å². The van der Waals surface area contributed by atoms with Crippen molar-refractivity contribution in [2.45, 2.75) is 11.8 Å². The van der Waals surface area contributed by atoms with Crippen molar-refractivity contribution in [3.8, 4) is 11.5 Å². The zero-order valence-corrected chi connectivity index (χ0v) is 11.8. The maximum absolute atomic E-state index is 13.7. The van der Waals surface area contributed by atoms with Gasteiger partial charge in [-0.05, 0) is 36.8 Å². The predicted octanol–water partition coefficient (Wildman–Crippen LogP) is 2.91. The fraction of sp³-hybridized carbons (Fsp3) is 0.143. The molecule has 2 rings (SSSR count). The summed E-state index contributed by atoms with van der Waals surface area (Å²) in [5, 5.41) is 0. The highest BCUT2D eigenvalue weighted by Gasteiger charge is 2.23. The summed E-state index contributed by atoms with van der Waals surface area (Å²) in [5.41, 5.74) is 0.619. The highest BCUT2D eigenvalue weighted by atomic mass is 32.2. The van der Waals surface area contributed by atoms with Gasteiger partial charge in [0.1, 0.15) is 10.7 Å². The van der Waals surface area contributed by atoms with Crippen LogP contribution in [0.2, 0.25) is 0 Å². The molecule has 0 aliphatic carbocycles. The number of para-hydroxylation sites is 2. The molecule has 4 nitrogen and oxygen atoms in total. The summed E-state index contributed by atoms with van der Waals surface area (Å²) < 4.78 is 47.9. The standard InChI is InChI=1S/C14H13FO4S/c1-10-7-8-11(15)14(9-10)20(16,17)19-13-6-4-3-5-12(13)18-2/h3-9H,1-2H3. The van der Waals surface area contributed by atoms with Gasteiger partial charge in [-0.15, -0.1) is 0 Å². The summed E-state index contributed by atoms with van der Waals surface area (Å²) in [6.07, 6.45) is 0. The highest BCUT2D eigenvalue weighted by Crippen LogP contribution is 2.29. The Morgan fingerprint density at radius 2 is 1.70 bits per heavy atom. The van der Waals surface area contributed by atoms with Gasteiger partial charge in [0.2, 0.25) is 0 Å². The van der Waals surface area contributed by atoms with E-state index >= 15 is 0 Å². The number of ether oxygens (including phenoxy) is 1. The van der Waals surface area contributed by atoms with Gasteiger partial charge in [-0.1, -0.05) is 18.2 Å². The molecule has 0 fully saturated rings. The van der Waals surface area contributed by atoms with Crippen LogP contribution in [0.25, 0.3) is 0 Å². The quantitative estimate of drug-likeness (QED) is 0.814. The molecule has 20 heavy (non-hydrogen) atoms. The van der Waals surface area contributed by atoms with E-state index in [1.54, 1.807) is 25.1 Å². The van der Waals surface area contributed by atoms with Gasteiger partial charge in [0.05, 0.1) is 7.11 Å². The number of hydrogen-bond donors (Lipinski definition) is 0. The topological polar surface area (TPSA) is 52.6 Å². The molecule has 0 saturated heterocycles. The maximum atomic E-state index is 13.7. The lowest BCUT2D eigenvalue weighted by Gasteiger charge is -2.11. The van der Waals surface area contributed by atoms with Crippen LogP contribution in [0, 0.1) is 12.7 Å². The van der Waals surface area contributed by atoms with Crippen molar-refractivity contribution >= 4 is 10.1 Å². The van der Waals surface area contributed by atoms with E-state index in [1.165, 1.54) is 25.3 Å². The van der Waals surface area contributed by atoms with Gasteiger partial charge in [0.15, 0.2) is 11.5 Å². The zero-order valence-electron chi connectivity index (χ0n) is 11.0. The van der Waals surface area contributed by atoms with Crippen LogP contribution in [0.1, 0.15) is 5.56 Å². The second kappa shape index (κ2) is 5.50. The minimum atomic E-state index is -4.25. The van der Waals surface area contributed by atoms with Crippen LogP contribution in [0.5, 0.6) is 11.5 Å². The van der Waals surface area contributed by atoms with Gasteiger partial charge < -0.3 is 8.92 Å². The van der Waals surface area contributed by atoms with Crippen molar-refractivity contribution < 1.29 is 21.7 Å². The van der Waals surface area contributed by atoms with E-state index in [2.05, 4.69) is 0 Å². The Morgan fingerprint density at radius 1 is 1.05 bits per heavy atom. The number of methoxy groups -OCH3 is 1. The lowest BCUT2D eigenvalue weighted by molar-refractivity contribution is 0.389. The molecule has 0 radical (unpaired) electrons. The minimum absolute atomic E-state index is 0.0101. The summed E-state index contributed by atoms with van der Waals surface area (Å²) in [5.74, 6) is -0.592. The molecule has 6 heteroatoms. The molecular formula is C14H13FO4S. The first kappa shape index (κ1) is 14.3. The fourth-order valence-electron chi connectivity index (χ4n) is 1.65. The van der Waals surface area contributed by atoms with Crippen LogP contribution in [0.3, 0.4) is 0 Å². The Kier molecular flexibility index (Phi) is 3.94. The molecule has 0 spiro atoms. The molecule has 0 aliphatic rings. The molecule has 0 saturated carbocycles. The van der Waals surface area contributed by atoms with E-state index in [-0.39, 0.29) is 11.5 Å². The minimum Gasteiger partial charge on any atom is -0.493 e. The number of aryl methyl sites for hydroxylation is 1. The van der Waals surface area contributed by atoms with E-state index in [0.717, 1.165) is 6.07 Å². The monoisotopic (exact) mass is 296 g/mol. The Bertz CT molecular complexity index is 726. The first-order valence-electron chi connectivity index (χ1n) is 5.77. The molecule has 0 heterocycles. The zero-order chi connectivity index (χ0) is 14.8. The van der Waals surface area contributed by atoms with E-state index in [0.29, 0.717) is 5.56 Å².